The maximum Gasteiger partial charge on any atom is 0.317 e. The molecule has 0 heterocycles. The van der Waals surface area contributed by atoms with Gasteiger partial charge in [0.1, 0.15) is 12.1 Å². The molecule has 27 heavy (non-hydrogen) atoms. The van der Waals surface area contributed by atoms with Crippen molar-refractivity contribution in [3.05, 3.63) is 0 Å². The molecule has 1 saturated carbocycles. The highest BCUT2D eigenvalue weighted by Crippen LogP contribution is 2.25. The normalized spacial score (nSPS) is 16.6. The molecule has 0 aliphatic heterocycles. The summed E-state index contributed by atoms with van der Waals surface area (Å²) in [4.78, 5) is 48.0. The highest BCUT2D eigenvalue weighted by atomic mass is 16.5. The number of hydrogen-bond donors (Lipinski definition) is 5. The van der Waals surface area contributed by atoms with Crippen molar-refractivity contribution in [1.82, 2.24) is 21.0 Å². The molecule has 1 aliphatic carbocycles. The minimum absolute atomic E-state index is 0.131. The van der Waals surface area contributed by atoms with E-state index in [9.17, 15) is 19.2 Å². The van der Waals surface area contributed by atoms with E-state index in [4.69, 9.17) is 10.3 Å². The highest BCUT2D eigenvalue weighted by molar-refractivity contribution is 5.91. The largest absolute Gasteiger partial charge is 0.480 e. The zero-order valence-electron chi connectivity index (χ0n) is 15.9. The van der Waals surface area contributed by atoms with Crippen molar-refractivity contribution >= 4 is 23.7 Å². The van der Waals surface area contributed by atoms with Gasteiger partial charge in [-0.05, 0) is 32.1 Å². The summed E-state index contributed by atoms with van der Waals surface area (Å²) < 4.78 is 0. The van der Waals surface area contributed by atoms with Crippen molar-refractivity contribution in [2.24, 2.45) is 5.92 Å². The molecule has 0 aromatic rings. The van der Waals surface area contributed by atoms with Crippen LogP contribution in [0.5, 0.6) is 0 Å². The second-order valence-electron chi connectivity index (χ2n) is 7.03. The zero-order valence-corrected chi connectivity index (χ0v) is 15.9. The van der Waals surface area contributed by atoms with E-state index in [0.29, 0.717) is 19.0 Å². The van der Waals surface area contributed by atoms with E-state index in [1.807, 2.05) is 0 Å². The van der Waals surface area contributed by atoms with Crippen LogP contribution >= 0.6 is 0 Å². The van der Waals surface area contributed by atoms with Gasteiger partial charge in [0.15, 0.2) is 0 Å². The van der Waals surface area contributed by atoms with E-state index in [2.05, 4.69) is 10.6 Å². The van der Waals surface area contributed by atoms with Crippen molar-refractivity contribution in [3.63, 3.8) is 0 Å². The van der Waals surface area contributed by atoms with Gasteiger partial charge in [0, 0.05) is 20.0 Å². The van der Waals surface area contributed by atoms with Gasteiger partial charge in [0.05, 0.1) is 6.54 Å². The average molecular weight is 386 g/mol. The summed E-state index contributed by atoms with van der Waals surface area (Å²) >= 11 is 0. The Morgan fingerprint density at radius 1 is 1.11 bits per heavy atom. The lowest BCUT2D eigenvalue weighted by Crippen LogP contribution is -2.53. The first-order chi connectivity index (χ1) is 12.7. The Morgan fingerprint density at radius 3 is 2.26 bits per heavy atom. The van der Waals surface area contributed by atoms with Crippen LogP contribution in [0.3, 0.4) is 0 Å². The first kappa shape index (κ1) is 22.8. The second-order valence-corrected chi connectivity index (χ2v) is 7.03. The lowest BCUT2D eigenvalue weighted by Gasteiger charge is -2.26. The molecule has 5 N–H and O–H groups in total. The number of carbonyl (C=O) groups is 4. The van der Waals surface area contributed by atoms with Gasteiger partial charge in [0.2, 0.25) is 11.8 Å². The van der Waals surface area contributed by atoms with Crippen LogP contribution in [0.1, 0.15) is 46.0 Å². The second kappa shape index (κ2) is 11.5. The van der Waals surface area contributed by atoms with Gasteiger partial charge in [-0.1, -0.05) is 12.8 Å². The Labute approximate surface area is 158 Å². The topological polar surface area (TPSA) is 148 Å². The molecule has 0 radical (unpaired) electrons. The standard InChI is InChI=1S/C17H30N4O6/c1-11(16(25)20-27)18-17(26)14(19-12(2)22)7-8-21(10-15(23)24)9-13-5-3-4-6-13/h11,13-14,27H,3-10H2,1-2H3,(H,18,26)(H,19,22)(H,20,25)(H,23,24)/t11-,14+/m1/s1. The van der Waals surface area contributed by atoms with E-state index < -0.39 is 35.8 Å². The molecule has 10 heteroatoms. The molecular weight excluding hydrogens is 356 g/mol. The van der Waals surface area contributed by atoms with E-state index >= 15 is 0 Å². The minimum Gasteiger partial charge on any atom is -0.480 e. The summed E-state index contributed by atoms with van der Waals surface area (Å²) in [5, 5.41) is 22.7. The van der Waals surface area contributed by atoms with Gasteiger partial charge in [-0.15, -0.1) is 0 Å². The maximum absolute atomic E-state index is 12.4. The Kier molecular flexibility index (Phi) is 9.73. The molecule has 0 spiro atoms. The van der Waals surface area contributed by atoms with E-state index in [1.165, 1.54) is 19.3 Å². The number of nitrogens with zero attached hydrogens (tertiary/aromatic N) is 1. The average Bonchev–Trinajstić information content (AvgIpc) is 3.09. The van der Waals surface area contributed by atoms with Crippen LogP contribution in [0.25, 0.3) is 0 Å². The molecule has 3 amide bonds. The molecule has 0 aromatic carbocycles. The first-order valence-electron chi connectivity index (χ1n) is 9.18. The molecule has 2 atom stereocenters. The fraction of sp³-hybridized carbons (Fsp3) is 0.765. The highest BCUT2D eigenvalue weighted by Gasteiger charge is 2.26. The summed E-state index contributed by atoms with van der Waals surface area (Å²) in [6, 6.07) is -1.89. The van der Waals surface area contributed by atoms with Crippen LogP contribution in [0.15, 0.2) is 0 Å². The summed E-state index contributed by atoms with van der Waals surface area (Å²) in [6.07, 6.45) is 4.64. The molecule has 0 unspecified atom stereocenters. The number of carboxylic acids is 1. The van der Waals surface area contributed by atoms with Crippen molar-refractivity contribution in [2.45, 2.75) is 58.0 Å². The van der Waals surface area contributed by atoms with Gasteiger partial charge in [-0.3, -0.25) is 29.3 Å². The lowest BCUT2D eigenvalue weighted by molar-refractivity contribution is -0.138. The van der Waals surface area contributed by atoms with Gasteiger partial charge in [0.25, 0.3) is 5.91 Å². The Bertz CT molecular complexity index is 536. The smallest absolute Gasteiger partial charge is 0.317 e. The number of carboxylic acid groups (broad SMARTS) is 1. The predicted octanol–water partition coefficient (Wildman–Crippen LogP) is -0.532. The summed E-state index contributed by atoms with van der Waals surface area (Å²) in [7, 11) is 0. The molecule has 1 fully saturated rings. The number of hydroxylamine groups is 1. The molecule has 1 rings (SSSR count). The predicted molar refractivity (Wildman–Crippen MR) is 95.8 cm³/mol. The Balaban J connectivity index is 2.68. The third-order valence-electron chi connectivity index (χ3n) is 4.64. The van der Waals surface area contributed by atoms with E-state index in [0.717, 1.165) is 25.7 Å². The molecule has 1 aliphatic rings. The number of amides is 3. The van der Waals surface area contributed by atoms with Crippen molar-refractivity contribution < 1.29 is 29.5 Å². The van der Waals surface area contributed by atoms with E-state index in [-0.39, 0.29) is 13.0 Å². The monoisotopic (exact) mass is 386 g/mol. The molecule has 0 bridgehead atoms. The van der Waals surface area contributed by atoms with Gasteiger partial charge < -0.3 is 15.7 Å². The number of aliphatic carboxylic acids is 1. The number of nitrogens with one attached hydrogen (secondary N) is 3. The van der Waals surface area contributed by atoms with Crippen molar-refractivity contribution in [1.29, 1.82) is 0 Å². The first-order valence-corrected chi connectivity index (χ1v) is 9.18. The number of rotatable bonds is 11. The Hall–Kier alpha value is -2.20. The summed E-state index contributed by atoms with van der Waals surface area (Å²) in [6.45, 7) is 3.50. The van der Waals surface area contributed by atoms with Gasteiger partial charge >= 0.3 is 5.97 Å². The fourth-order valence-corrected chi connectivity index (χ4v) is 3.29. The van der Waals surface area contributed by atoms with Crippen LogP contribution < -0.4 is 16.1 Å². The third kappa shape index (κ3) is 8.83. The molecule has 0 saturated heterocycles. The van der Waals surface area contributed by atoms with Crippen molar-refractivity contribution in [3.8, 4) is 0 Å². The SMILES string of the molecule is CC(=O)N[C@@H](CCN(CC(=O)O)CC1CCCC1)C(=O)N[C@H](C)C(=O)NO. The quantitative estimate of drug-likeness (QED) is 0.237. The molecular formula is C17H30N4O6. The number of carbonyl (C=O) groups excluding carboxylic acids is 3. The number of hydrogen-bond acceptors (Lipinski definition) is 6. The van der Waals surface area contributed by atoms with Gasteiger partial charge in [-0.2, -0.15) is 0 Å². The zero-order chi connectivity index (χ0) is 20.4. The summed E-state index contributed by atoms with van der Waals surface area (Å²) in [5.41, 5.74) is 1.45. The van der Waals surface area contributed by atoms with Crippen LogP contribution in [0, 0.1) is 5.92 Å². The van der Waals surface area contributed by atoms with E-state index in [1.54, 1.807) is 4.90 Å². The van der Waals surface area contributed by atoms with Crippen LogP contribution in [0.4, 0.5) is 0 Å². The maximum atomic E-state index is 12.4. The molecule has 0 aromatic heterocycles. The summed E-state index contributed by atoms with van der Waals surface area (Å²) in [5.74, 6) is -2.25. The minimum atomic E-state index is -0.979. The van der Waals surface area contributed by atoms with Crippen LogP contribution in [-0.2, 0) is 19.2 Å². The lowest BCUT2D eigenvalue weighted by atomic mass is 10.1. The Morgan fingerprint density at radius 2 is 1.74 bits per heavy atom. The third-order valence-corrected chi connectivity index (χ3v) is 4.64. The molecule has 10 nitrogen and oxygen atoms in total. The van der Waals surface area contributed by atoms with Crippen LogP contribution in [-0.4, -0.2) is 70.6 Å². The van der Waals surface area contributed by atoms with Crippen LogP contribution in [0.2, 0.25) is 0 Å². The van der Waals surface area contributed by atoms with Crippen molar-refractivity contribution in [2.75, 3.05) is 19.6 Å². The fourth-order valence-electron chi connectivity index (χ4n) is 3.29. The van der Waals surface area contributed by atoms with Gasteiger partial charge in [-0.25, -0.2) is 5.48 Å². The molecule has 154 valence electrons.